The van der Waals surface area contributed by atoms with Gasteiger partial charge in [-0.15, -0.1) is 0 Å². The second kappa shape index (κ2) is 11.6. The van der Waals surface area contributed by atoms with Crippen molar-refractivity contribution in [1.29, 1.82) is 0 Å². The number of carbonyl (C=O) groups excluding carboxylic acids is 1. The van der Waals surface area contributed by atoms with E-state index in [0.717, 1.165) is 53.7 Å². The lowest BCUT2D eigenvalue weighted by Gasteiger charge is -2.35. The summed E-state index contributed by atoms with van der Waals surface area (Å²) in [6, 6.07) is 19.5. The number of hydrogen-bond acceptors (Lipinski definition) is 6. The van der Waals surface area contributed by atoms with Crippen molar-refractivity contribution in [3.8, 4) is 0 Å². The molecule has 3 aromatic carbocycles. The number of fused-ring (bicyclic) bond motifs is 1. The van der Waals surface area contributed by atoms with Crippen LogP contribution in [0.2, 0.25) is 0 Å². The van der Waals surface area contributed by atoms with E-state index in [1.54, 1.807) is 0 Å². The number of nitrogens with zero attached hydrogens (tertiary/aromatic N) is 3. The number of piperidine rings is 1. The Morgan fingerprint density at radius 3 is 2.61 bits per heavy atom. The number of halogens is 1. The number of rotatable bonds is 8. The molecule has 38 heavy (non-hydrogen) atoms. The van der Waals surface area contributed by atoms with E-state index in [1.165, 1.54) is 24.3 Å². The van der Waals surface area contributed by atoms with Crippen LogP contribution in [0.3, 0.4) is 0 Å². The maximum Gasteiger partial charge on any atom is 0.255 e. The minimum Gasteiger partial charge on any atom is -0.396 e. The highest BCUT2D eigenvalue weighted by molar-refractivity contribution is 6.04. The Morgan fingerprint density at radius 1 is 1.05 bits per heavy atom. The fourth-order valence-electron chi connectivity index (χ4n) is 4.90. The van der Waals surface area contributed by atoms with Gasteiger partial charge in [-0.3, -0.25) is 4.79 Å². The maximum absolute atomic E-state index is 13.1. The molecule has 196 valence electrons. The molecule has 1 unspecified atom stereocenters. The quantitative estimate of drug-likeness (QED) is 0.281. The van der Waals surface area contributed by atoms with E-state index >= 15 is 0 Å². The number of aliphatic hydroxyl groups is 1. The van der Waals surface area contributed by atoms with Gasteiger partial charge in [0.15, 0.2) is 0 Å². The van der Waals surface area contributed by atoms with Crippen LogP contribution in [0.15, 0.2) is 66.7 Å². The third-order valence-electron chi connectivity index (χ3n) is 6.97. The Morgan fingerprint density at radius 2 is 1.84 bits per heavy atom. The number of anilines is 3. The smallest absolute Gasteiger partial charge is 0.255 e. The molecular formula is C30H32FN5O2. The summed E-state index contributed by atoms with van der Waals surface area (Å²) in [6.07, 6.45) is 3.98. The first kappa shape index (κ1) is 25.6. The van der Waals surface area contributed by atoms with Gasteiger partial charge in [0.25, 0.3) is 5.91 Å². The first-order valence-corrected chi connectivity index (χ1v) is 13.1. The van der Waals surface area contributed by atoms with Crippen molar-refractivity contribution in [3.63, 3.8) is 0 Å². The molecule has 5 rings (SSSR count). The lowest BCUT2D eigenvalue weighted by Crippen LogP contribution is -2.41. The number of aryl methyl sites for hydroxylation is 1. The molecule has 0 spiro atoms. The SMILES string of the molecule is Cc1ccc2c(NCc3ccc(NC(=O)c4ccc(F)cc4)cc3)nc(N3CCCCC3CCO)nc2c1. The monoisotopic (exact) mass is 513 g/mol. The zero-order valence-electron chi connectivity index (χ0n) is 21.5. The van der Waals surface area contributed by atoms with Gasteiger partial charge in [-0.05, 0) is 92.3 Å². The van der Waals surface area contributed by atoms with Crippen molar-refractivity contribution in [2.24, 2.45) is 0 Å². The number of amides is 1. The number of hydrogen-bond donors (Lipinski definition) is 3. The normalized spacial score (nSPS) is 15.4. The largest absolute Gasteiger partial charge is 0.396 e. The molecule has 2 heterocycles. The zero-order valence-corrected chi connectivity index (χ0v) is 21.5. The van der Waals surface area contributed by atoms with Crippen LogP contribution < -0.4 is 15.5 Å². The molecule has 1 fully saturated rings. The Hall–Kier alpha value is -4.04. The van der Waals surface area contributed by atoms with E-state index in [0.29, 0.717) is 30.2 Å². The molecule has 0 radical (unpaired) electrons. The summed E-state index contributed by atoms with van der Waals surface area (Å²) in [6.45, 7) is 3.64. The van der Waals surface area contributed by atoms with Crippen LogP contribution in [-0.2, 0) is 6.54 Å². The van der Waals surface area contributed by atoms with Gasteiger partial charge in [0.1, 0.15) is 11.6 Å². The van der Waals surface area contributed by atoms with E-state index in [2.05, 4.69) is 34.6 Å². The van der Waals surface area contributed by atoms with Gasteiger partial charge >= 0.3 is 0 Å². The lowest BCUT2D eigenvalue weighted by atomic mass is 10.00. The second-order valence-electron chi connectivity index (χ2n) is 9.76. The average Bonchev–Trinajstić information content (AvgIpc) is 2.93. The highest BCUT2D eigenvalue weighted by atomic mass is 19.1. The van der Waals surface area contributed by atoms with Gasteiger partial charge in [-0.1, -0.05) is 18.2 Å². The second-order valence-corrected chi connectivity index (χ2v) is 9.76. The Labute approximate surface area is 221 Å². The summed E-state index contributed by atoms with van der Waals surface area (Å²) in [5.74, 6) is 0.802. The van der Waals surface area contributed by atoms with Crippen LogP contribution in [0.5, 0.6) is 0 Å². The Balaban J connectivity index is 1.33. The third kappa shape index (κ3) is 5.92. The van der Waals surface area contributed by atoms with Crippen molar-refractivity contribution >= 4 is 34.3 Å². The predicted octanol–water partition coefficient (Wildman–Crippen LogP) is 5.68. The van der Waals surface area contributed by atoms with E-state index in [4.69, 9.17) is 9.97 Å². The van der Waals surface area contributed by atoms with Crippen molar-refractivity contribution in [1.82, 2.24) is 9.97 Å². The van der Waals surface area contributed by atoms with E-state index < -0.39 is 0 Å². The molecule has 8 heteroatoms. The Bertz CT molecular complexity index is 1410. The molecule has 0 aliphatic carbocycles. The van der Waals surface area contributed by atoms with Crippen LogP contribution in [0.25, 0.3) is 10.9 Å². The molecule has 7 nitrogen and oxygen atoms in total. The molecule has 1 amide bonds. The molecule has 0 bridgehead atoms. The summed E-state index contributed by atoms with van der Waals surface area (Å²) >= 11 is 0. The molecule has 0 saturated carbocycles. The summed E-state index contributed by atoms with van der Waals surface area (Å²) < 4.78 is 13.1. The van der Waals surface area contributed by atoms with E-state index in [1.807, 2.05) is 30.3 Å². The fraction of sp³-hybridized carbons (Fsp3) is 0.300. The molecule has 3 N–H and O–H groups in total. The molecular weight excluding hydrogens is 481 g/mol. The summed E-state index contributed by atoms with van der Waals surface area (Å²) in [5.41, 5.74) is 4.12. The Kier molecular flexibility index (Phi) is 7.79. The highest BCUT2D eigenvalue weighted by Gasteiger charge is 2.25. The first-order chi connectivity index (χ1) is 18.5. The standard InChI is InChI=1S/C30H32FN5O2/c1-20-5-14-26-27(18-20)34-30(36-16-3-2-4-25(36)15-17-37)35-28(26)32-19-21-6-12-24(13-7-21)33-29(38)22-8-10-23(31)11-9-22/h5-14,18,25,37H,2-4,15-17,19H2,1H3,(H,33,38)(H,32,34,35). The van der Waals surface area contributed by atoms with Crippen molar-refractivity contribution in [2.45, 2.75) is 45.2 Å². The van der Waals surface area contributed by atoms with Crippen LogP contribution in [0, 0.1) is 12.7 Å². The molecule has 1 aromatic heterocycles. The van der Waals surface area contributed by atoms with Crippen LogP contribution >= 0.6 is 0 Å². The maximum atomic E-state index is 13.1. The van der Waals surface area contributed by atoms with Gasteiger partial charge in [-0.2, -0.15) is 4.98 Å². The van der Waals surface area contributed by atoms with Gasteiger partial charge in [0.05, 0.1) is 5.52 Å². The van der Waals surface area contributed by atoms with Crippen molar-refractivity contribution in [3.05, 3.63) is 89.2 Å². The van der Waals surface area contributed by atoms with Gasteiger partial charge in [-0.25, -0.2) is 9.37 Å². The van der Waals surface area contributed by atoms with Crippen molar-refractivity contribution < 1.29 is 14.3 Å². The van der Waals surface area contributed by atoms with Crippen LogP contribution in [-0.4, -0.2) is 40.2 Å². The number of benzene rings is 3. The topological polar surface area (TPSA) is 90.4 Å². The number of carbonyl (C=O) groups is 1. The van der Waals surface area contributed by atoms with Crippen molar-refractivity contribution in [2.75, 3.05) is 28.7 Å². The number of aromatic nitrogens is 2. The van der Waals surface area contributed by atoms with Gasteiger partial charge in [0, 0.05) is 42.4 Å². The molecule has 1 aliphatic heterocycles. The van der Waals surface area contributed by atoms with Crippen LogP contribution in [0.1, 0.15) is 47.2 Å². The lowest BCUT2D eigenvalue weighted by molar-refractivity contribution is 0.102. The van der Waals surface area contributed by atoms with Gasteiger partial charge in [0.2, 0.25) is 5.95 Å². The predicted molar refractivity (Wildman–Crippen MR) is 149 cm³/mol. The molecule has 1 aliphatic rings. The minimum atomic E-state index is -0.377. The van der Waals surface area contributed by atoms with Gasteiger partial charge < -0.3 is 20.6 Å². The van der Waals surface area contributed by atoms with Crippen LogP contribution in [0.4, 0.5) is 21.8 Å². The molecule has 1 atom stereocenters. The summed E-state index contributed by atoms with van der Waals surface area (Å²) in [5, 5.41) is 16.9. The third-order valence-corrected chi connectivity index (χ3v) is 6.97. The minimum absolute atomic E-state index is 0.152. The van der Waals surface area contributed by atoms with E-state index in [-0.39, 0.29) is 24.4 Å². The molecule has 1 saturated heterocycles. The van der Waals surface area contributed by atoms with E-state index in [9.17, 15) is 14.3 Å². The molecule has 4 aromatic rings. The number of aliphatic hydroxyl groups excluding tert-OH is 1. The number of nitrogens with one attached hydrogen (secondary N) is 2. The fourth-order valence-corrected chi connectivity index (χ4v) is 4.90. The first-order valence-electron chi connectivity index (χ1n) is 13.1. The summed E-state index contributed by atoms with van der Waals surface area (Å²) in [7, 11) is 0. The highest BCUT2D eigenvalue weighted by Crippen LogP contribution is 2.29. The average molecular weight is 514 g/mol. The zero-order chi connectivity index (χ0) is 26.5. The summed E-state index contributed by atoms with van der Waals surface area (Å²) in [4.78, 5) is 24.5.